The predicted octanol–water partition coefficient (Wildman–Crippen LogP) is 4.25. The number of carbonyl (C=O) groups is 1. The molecular formula is C13H8ClNO2S. The molecule has 0 bridgehead atoms. The van der Waals surface area contributed by atoms with E-state index >= 15 is 0 Å². The van der Waals surface area contributed by atoms with E-state index in [0.717, 1.165) is 20.7 Å². The van der Waals surface area contributed by atoms with Crippen LogP contribution >= 0.6 is 22.9 Å². The van der Waals surface area contributed by atoms with Crippen molar-refractivity contribution >= 4 is 39.0 Å². The lowest BCUT2D eigenvalue weighted by Crippen LogP contribution is -1.95. The van der Waals surface area contributed by atoms with Crippen molar-refractivity contribution in [2.24, 2.45) is 0 Å². The molecule has 2 N–H and O–H groups in total. The molecule has 5 heteroatoms. The second-order valence-electron chi connectivity index (χ2n) is 3.88. The largest absolute Gasteiger partial charge is 0.477 e. The lowest BCUT2D eigenvalue weighted by atomic mass is 10.2. The third-order valence-corrected chi connectivity index (χ3v) is 4.03. The van der Waals surface area contributed by atoms with Gasteiger partial charge in [0, 0.05) is 9.72 Å². The molecule has 0 saturated heterocycles. The van der Waals surface area contributed by atoms with Gasteiger partial charge in [-0.05, 0) is 35.7 Å². The highest BCUT2D eigenvalue weighted by Crippen LogP contribution is 2.34. The third-order valence-electron chi connectivity index (χ3n) is 2.66. The molecule has 0 aliphatic heterocycles. The summed E-state index contributed by atoms with van der Waals surface area (Å²) in [5.41, 5.74) is 1.00. The second-order valence-corrected chi connectivity index (χ2v) is 5.40. The molecule has 3 nitrogen and oxygen atoms in total. The number of aromatic nitrogens is 1. The smallest absolute Gasteiger partial charge is 0.352 e. The number of benzene rings is 1. The number of thiophene rings is 1. The van der Waals surface area contributed by atoms with Crippen LogP contribution in [0.5, 0.6) is 0 Å². The quantitative estimate of drug-likeness (QED) is 0.736. The van der Waals surface area contributed by atoms with Crippen LogP contribution in [0.4, 0.5) is 0 Å². The zero-order chi connectivity index (χ0) is 12.7. The summed E-state index contributed by atoms with van der Waals surface area (Å²) in [5, 5.41) is 10.7. The lowest BCUT2D eigenvalue weighted by molar-refractivity contribution is 0.0691. The molecule has 0 saturated carbocycles. The van der Waals surface area contributed by atoms with Crippen molar-refractivity contribution < 1.29 is 9.90 Å². The van der Waals surface area contributed by atoms with Crippen molar-refractivity contribution in [2.75, 3.05) is 0 Å². The Morgan fingerprint density at radius 2 is 2.06 bits per heavy atom. The first-order valence-electron chi connectivity index (χ1n) is 5.25. The highest BCUT2D eigenvalue weighted by Gasteiger charge is 2.09. The van der Waals surface area contributed by atoms with Gasteiger partial charge < -0.3 is 10.1 Å². The summed E-state index contributed by atoms with van der Waals surface area (Å²) in [5.74, 6) is -0.953. The minimum atomic E-state index is -0.953. The molecular weight excluding hydrogens is 270 g/mol. The van der Waals surface area contributed by atoms with E-state index in [1.165, 1.54) is 0 Å². The molecule has 18 heavy (non-hydrogen) atoms. The highest BCUT2D eigenvalue weighted by atomic mass is 35.5. The number of nitrogens with one attached hydrogen (secondary N) is 1. The molecule has 1 aromatic carbocycles. The maximum atomic E-state index is 10.8. The summed E-state index contributed by atoms with van der Waals surface area (Å²) in [4.78, 5) is 14.7. The number of hydrogen-bond donors (Lipinski definition) is 2. The van der Waals surface area contributed by atoms with Gasteiger partial charge in [0.15, 0.2) is 0 Å². The zero-order valence-corrected chi connectivity index (χ0v) is 10.7. The van der Waals surface area contributed by atoms with Crippen LogP contribution in [0.3, 0.4) is 0 Å². The minimum absolute atomic E-state index is 0.195. The SMILES string of the molecule is O=C(O)c1ccc(-c2cc3ccc(Cl)cc3s2)[nH]1. The summed E-state index contributed by atoms with van der Waals surface area (Å²) in [7, 11) is 0. The summed E-state index contributed by atoms with van der Waals surface area (Å²) in [6.45, 7) is 0. The number of aromatic amines is 1. The minimum Gasteiger partial charge on any atom is -0.477 e. The number of carboxylic acid groups (broad SMARTS) is 1. The van der Waals surface area contributed by atoms with E-state index in [4.69, 9.17) is 16.7 Å². The van der Waals surface area contributed by atoms with Gasteiger partial charge in [0.05, 0.1) is 10.6 Å². The first kappa shape index (κ1) is 11.3. The van der Waals surface area contributed by atoms with Crippen molar-refractivity contribution in [2.45, 2.75) is 0 Å². The van der Waals surface area contributed by atoms with Crippen molar-refractivity contribution in [3.05, 3.63) is 47.1 Å². The summed E-state index contributed by atoms with van der Waals surface area (Å²) in [6.07, 6.45) is 0. The van der Waals surface area contributed by atoms with Gasteiger partial charge in [-0.3, -0.25) is 0 Å². The molecule has 2 aromatic heterocycles. The van der Waals surface area contributed by atoms with Crippen LogP contribution in [-0.2, 0) is 0 Å². The first-order chi connectivity index (χ1) is 8.63. The lowest BCUT2D eigenvalue weighted by Gasteiger charge is -1.90. The second kappa shape index (κ2) is 4.15. The van der Waals surface area contributed by atoms with Crippen LogP contribution in [0.25, 0.3) is 20.7 Å². The number of carboxylic acids is 1. The molecule has 0 aliphatic carbocycles. The average Bonchev–Trinajstić information content (AvgIpc) is 2.93. The van der Waals surface area contributed by atoms with Crippen molar-refractivity contribution in [3.63, 3.8) is 0 Å². The normalized spacial score (nSPS) is 10.9. The van der Waals surface area contributed by atoms with E-state index in [0.29, 0.717) is 5.02 Å². The van der Waals surface area contributed by atoms with Gasteiger partial charge in [-0.15, -0.1) is 11.3 Å². The molecule has 0 amide bonds. The number of hydrogen-bond acceptors (Lipinski definition) is 2. The van der Waals surface area contributed by atoms with E-state index in [-0.39, 0.29) is 5.69 Å². The van der Waals surface area contributed by atoms with E-state index in [9.17, 15) is 4.79 Å². The van der Waals surface area contributed by atoms with Crippen LogP contribution in [0.15, 0.2) is 36.4 Å². The molecule has 0 fully saturated rings. The fraction of sp³-hybridized carbons (Fsp3) is 0. The summed E-state index contributed by atoms with van der Waals surface area (Å²) in [6, 6.07) is 11.1. The standard InChI is InChI=1S/C13H8ClNO2S/c14-8-2-1-7-5-12(18-11(7)6-8)9-3-4-10(15-9)13(16)17/h1-6,15H,(H,16,17). The molecule has 0 atom stereocenters. The monoisotopic (exact) mass is 277 g/mol. The fourth-order valence-electron chi connectivity index (χ4n) is 1.80. The molecule has 0 unspecified atom stereocenters. The molecule has 0 aliphatic rings. The Morgan fingerprint density at radius 1 is 1.22 bits per heavy atom. The first-order valence-corrected chi connectivity index (χ1v) is 6.45. The van der Waals surface area contributed by atoms with Crippen LogP contribution in [0.1, 0.15) is 10.5 Å². The van der Waals surface area contributed by atoms with Crippen LogP contribution in [0, 0.1) is 0 Å². The summed E-state index contributed by atoms with van der Waals surface area (Å²) < 4.78 is 1.09. The molecule has 2 heterocycles. The van der Waals surface area contributed by atoms with Crippen LogP contribution < -0.4 is 0 Å². The number of aromatic carboxylic acids is 1. The Bertz CT molecular complexity index is 744. The van der Waals surface area contributed by atoms with E-state index < -0.39 is 5.97 Å². The average molecular weight is 278 g/mol. The number of rotatable bonds is 2. The Morgan fingerprint density at radius 3 is 2.78 bits per heavy atom. The number of H-pyrrole nitrogens is 1. The van der Waals surface area contributed by atoms with Gasteiger partial charge in [0.25, 0.3) is 0 Å². The Balaban J connectivity index is 2.10. The summed E-state index contributed by atoms with van der Waals surface area (Å²) >= 11 is 7.52. The van der Waals surface area contributed by atoms with Crippen LogP contribution in [-0.4, -0.2) is 16.1 Å². The topological polar surface area (TPSA) is 53.1 Å². The molecule has 3 rings (SSSR count). The van der Waals surface area contributed by atoms with Crippen molar-refractivity contribution in [1.82, 2.24) is 4.98 Å². The number of halogens is 1. The number of fused-ring (bicyclic) bond motifs is 1. The molecule has 3 aromatic rings. The van der Waals surface area contributed by atoms with Crippen LogP contribution in [0.2, 0.25) is 5.02 Å². The van der Waals surface area contributed by atoms with Gasteiger partial charge in [0.2, 0.25) is 0 Å². The zero-order valence-electron chi connectivity index (χ0n) is 9.11. The molecule has 0 radical (unpaired) electrons. The fourth-order valence-corrected chi connectivity index (χ4v) is 3.12. The van der Waals surface area contributed by atoms with Gasteiger partial charge in [-0.2, -0.15) is 0 Å². The van der Waals surface area contributed by atoms with Gasteiger partial charge in [-0.25, -0.2) is 4.79 Å². The van der Waals surface area contributed by atoms with E-state index in [1.54, 1.807) is 23.5 Å². The van der Waals surface area contributed by atoms with Crippen molar-refractivity contribution in [3.8, 4) is 10.6 Å². The van der Waals surface area contributed by atoms with E-state index in [1.807, 2.05) is 24.3 Å². The Labute approximate surface area is 112 Å². The van der Waals surface area contributed by atoms with Crippen molar-refractivity contribution in [1.29, 1.82) is 0 Å². The van der Waals surface area contributed by atoms with E-state index in [2.05, 4.69) is 4.98 Å². The van der Waals surface area contributed by atoms with Gasteiger partial charge in [-0.1, -0.05) is 17.7 Å². The highest BCUT2D eigenvalue weighted by molar-refractivity contribution is 7.22. The molecule has 90 valence electrons. The predicted molar refractivity (Wildman–Crippen MR) is 73.6 cm³/mol. The maximum absolute atomic E-state index is 10.8. The Kier molecular flexibility index (Phi) is 2.61. The maximum Gasteiger partial charge on any atom is 0.352 e. The molecule has 0 spiro atoms. The third kappa shape index (κ3) is 1.89. The van der Waals surface area contributed by atoms with Gasteiger partial charge >= 0.3 is 5.97 Å². The Hall–Kier alpha value is -1.78. The van der Waals surface area contributed by atoms with Gasteiger partial charge in [0.1, 0.15) is 5.69 Å².